The molecule has 0 atom stereocenters. The van der Waals surface area contributed by atoms with Gasteiger partial charge in [-0.2, -0.15) is 0 Å². The van der Waals surface area contributed by atoms with Crippen LogP contribution in [-0.2, 0) is 11.2 Å². The fourth-order valence-electron chi connectivity index (χ4n) is 1.51. The minimum absolute atomic E-state index is 0.161. The van der Waals surface area contributed by atoms with E-state index in [1.165, 1.54) is 6.92 Å². The van der Waals surface area contributed by atoms with Crippen molar-refractivity contribution in [2.24, 2.45) is 5.73 Å². The zero-order chi connectivity index (χ0) is 11.4. The summed E-state index contributed by atoms with van der Waals surface area (Å²) in [6.45, 7) is 3.34. The molecule has 0 aliphatic carbocycles. The predicted octanol–water partition coefficient (Wildman–Crippen LogP) is 1.31. The average molecular weight is 206 g/mol. The maximum atomic E-state index is 11.1. The van der Waals surface area contributed by atoms with Crippen molar-refractivity contribution in [2.45, 2.75) is 20.3 Å². The summed E-state index contributed by atoms with van der Waals surface area (Å²) in [6.07, 6.45) is 0.648. The number of anilines is 1. The van der Waals surface area contributed by atoms with Crippen LogP contribution < -0.4 is 11.1 Å². The fraction of sp³-hybridized carbons (Fsp3) is 0.273. The van der Waals surface area contributed by atoms with E-state index < -0.39 is 5.91 Å². The number of hydrogen-bond donors (Lipinski definition) is 2. The summed E-state index contributed by atoms with van der Waals surface area (Å²) in [5, 5.41) is 2.67. The molecule has 0 heterocycles. The SMILES string of the molecule is CCc1c(NC(C)=O)cccc1C(N)=O. The monoisotopic (exact) mass is 206 g/mol. The molecule has 0 aromatic heterocycles. The van der Waals surface area contributed by atoms with Crippen LogP contribution in [0, 0.1) is 0 Å². The molecule has 1 aromatic rings. The van der Waals surface area contributed by atoms with Crippen molar-refractivity contribution in [1.82, 2.24) is 0 Å². The lowest BCUT2D eigenvalue weighted by Crippen LogP contribution is -2.16. The Morgan fingerprint density at radius 2 is 2.07 bits per heavy atom. The zero-order valence-electron chi connectivity index (χ0n) is 8.83. The molecule has 15 heavy (non-hydrogen) atoms. The van der Waals surface area contributed by atoms with Crippen molar-refractivity contribution >= 4 is 17.5 Å². The predicted molar refractivity (Wildman–Crippen MR) is 58.6 cm³/mol. The van der Waals surface area contributed by atoms with E-state index in [2.05, 4.69) is 5.32 Å². The first kappa shape index (κ1) is 11.2. The highest BCUT2D eigenvalue weighted by atomic mass is 16.1. The van der Waals surface area contributed by atoms with E-state index in [1.54, 1.807) is 18.2 Å². The van der Waals surface area contributed by atoms with Gasteiger partial charge in [-0.05, 0) is 24.1 Å². The maximum Gasteiger partial charge on any atom is 0.249 e. The first-order valence-corrected chi connectivity index (χ1v) is 4.75. The minimum atomic E-state index is -0.473. The van der Waals surface area contributed by atoms with Gasteiger partial charge in [0.25, 0.3) is 0 Å². The number of rotatable bonds is 3. The second-order valence-electron chi connectivity index (χ2n) is 3.23. The van der Waals surface area contributed by atoms with Crippen LogP contribution >= 0.6 is 0 Å². The second-order valence-corrected chi connectivity index (χ2v) is 3.23. The highest BCUT2D eigenvalue weighted by Gasteiger charge is 2.11. The largest absolute Gasteiger partial charge is 0.366 e. The van der Waals surface area contributed by atoms with Gasteiger partial charge in [-0.3, -0.25) is 9.59 Å². The standard InChI is InChI=1S/C11H14N2O2/c1-3-8-9(11(12)15)5-4-6-10(8)13-7(2)14/h4-6H,3H2,1-2H3,(H2,12,15)(H,13,14). The van der Waals surface area contributed by atoms with Crippen LogP contribution in [0.25, 0.3) is 0 Å². The van der Waals surface area contributed by atoms with Crippen molar-refractivity contribution in [3.8, 4) is 0 Å². The Bertz CT molecular complexity index is 400. The first-order chi connectivity index (χ1) is 7.06. The van der Waals surface area contributed by atoms with Crippen LogP contribution in [0.2, 0.25) is 0 Å². The van der Waals surface area contributed by atoms with Gasteiger partial charge in [-0.1, -0.05) is 13.0 Å². The average Bonchev–Trinajstić information content (AvgIpc) is 2.16. The molecular formula is C11H14N2O2. The fourth-order valence-corrected chi connectivity index (χ4v) is 1.51. The number of amides is 2. The number of primary amides is 1. The van der Waals surface area contributed by atoms with E-state index >= 15 is 0 Å². The Labute approximate surface area is 88.5 Å². The molecular weight excluding hydrogens is 192 g/mol. The minimum Gasteiger partial charge on any atom is -0.366 e. The maximum absolute atomic E-state index is 11.1. The lowest BCUT2D eigenvalue weighted by Gasteiger charge is -2.11. The van der Waals surface area contributed by atoms with E-state index in [1.807, 2.05) is 6.92 Å². The molecule has 0 aliphatic rings. The molecule has 4 nitrogen and oxygen atoms in total. The van der Waals surface area contributed by atoms with Crippen molar-refractivity contribution in [3.63, 3.8) is 0 Å². The van der Waals surface area contributed by atoms with E-state index in [9.17, 15) is 9.59 Å². The summed E-state index contributed by atoms with van der Waals surface area (Å²) in [5.74, 6) is -0.634. The summed E-state index contributed by atoms with van der Waals surface area (Å²) in [5.41, 5.74) is 7.13. The number of nitrogens with two attached hydrogens (primary N) is 1. The van der Waals surface area contributed by atoms with Gasteiger partial charge in [0.2, 0.25) is 11.8 Å². The summed E-state index contributed by atoms with van der Waals surface area (Å²) in [4.78, 5) is 22.1. The number of carbonyl (C=O) groups excluding carboxylic acids is 2. The van der Waals surface area contributed by atoms with Crippen LogP contribution in [0.5, 0.6) is 0 Å². The van der Waals surface area contributed by atoms with E-state index in [4.69, 9.17) is 5.73 Å². The number of hydrogen-bond acceptors (Lipinski definition) is 2. The number of carbonyl (C=O) groups is 2. The molecule has 3 N–H and O–H groups in total. The summed E-state index contributed by atoms with van der Waals surface area (Å²) < 4.78 is 0. The molecule has 0 unspecified atom stereocenters. The van der Waals surface area contributed by atoms with Gasteiger partial charge in [0.1, 0.15) is 0 Å². The first-order valence-electron chi connectivity index (χ1n) is 4.75. The molecule has 80 valence electrons. The molecule has 0 fully saturated rings. The molecule has 2 amide bonds. The molecule has 4 heteroatoms. The quantitative estimate of drug-likeness (QED) is 0.782. The van der Waals surface area contributed by atoms with E-state index in [0.29, 0.717) is 17.7 Å². The lowest BCUT2D eigenvalue weighted by atomic mass is 10.0. The van der Waals surface area contributed by atoms with Crippen molar-refractivity contribution in [1.29, 1.82) is 0 Å². The highest BCUT2D eigenvalue weighted by molar-refractivity contribution is 5.98. The van der Waals surface area contributed by atoms with Gasteiger partial charge in [-0.15, -0.1) is 0 Å². The van der Waals surface area contributed by atoms with Gasteiger partial charge in [0, 0.05) is 18.2 Å². The van der Waals surface area contributed by atoms with E-state index in [0.717, 1.165) is 5.56 Å². The normalized spacial score (nSPS) is 9.73. The second kappa shape index (κ2) is 4.59. The summed E-state index contributed by atoms with van der Waals surface area (Å²) in [6, 6.07) is 5.11. The van der Waals surface area contributed by atoms with Crippen molar-refractivity contribution in [3.05, 3.63) is 29.3 Å². The molecule has 0 spiro atoms. The highest BCUT2D eigenvalue weighted by Crippen LogP contribution is 2.20. The van der Waals surface area contributed by atoms with Crippen molar-refractivity contribution < 1.29 is 9.59 Å². The molecule has 0 radical (unpaired) electrons. The molecule has 1 aromatic carbocycles. The van der Waals surface area contributed by atoms with Crippen LogP contribution in [0.3, 0.4) is 0 Å². The Hall–Kier alpha value is -1.84. The Morgan fingerprint density at radius 1 is 1.40 bits per heavy atom. The number of benzene rings is 1. The third-order valence-corrected chi connectivity index (χ3v) is 2.11. The van der Waals surface area contributed by atoms with Crippen LogP contribution in [-0.4, -0.2) is 11.8 Å². The molecule has 0 bridgehead atoms. The number of nitrogens with one attached hydrogen (secondary N) is 1. The lowest BCUT2D eigenvalue weighted by molar-refractivity contribution is -0.114. The molecule has 0 saturated heterocycles. The van der Waals surface area contributed by atoms with Crippen LogP contribution in [0.4, 0.5) is 5.69 Å². The van der Waals surface area contributed by atoms with Gasteiger partial charge in [0.15, 0.2) is 0 Å². The Kier molecular flexibility index (Phi) is 3.44. The van der Waals surface area contributed by atoms with Crippen LogP contribution in [0.1, 0.15) is 29.8 Å². The van der Waals surface area contributed by atoms with Crippen molar-refractivity contribution in [2.75, 3.05) is 5.32 Å². The smallest absolute Gasteiger partial charge is 0.249 e. The Balaban J connectivity index is 3.21. The summed E-state index contributed by atoms with van der Waals surface area (Å²) >= 11 is 0. The summed E-state index contributed by atoms with van der Waals surface area (Å²) in [7, 11) is 0. The van der Waals surface area contributed by atoms with Crippen LogP contribution in [0.15, 0.2) is 18.2 Å². The molecule has 0 aliphatic heterocycles. The molecule has 0 saturated carbocycles. The zero-order valence-corrected chi connectivity index (χ0v) is 8.83. The van der Waals surface area contributed by atoms with Gasteiger partial charge in [-0.25, -0.2) is 0 Å². The third-order valence-electron chi connectivity index (χ3n) is 2.11. The van der Waals surface area contributed by atoms with Gasteiger partial charge < -0.3 is 11.1 Å². The third kappa shape index (κ3) is 2.56. The molecule has 1 rings (SSSR count). The van der Waals surface area contributed by atoms with Gasteiger partial charge in [0.05, 0.1) is 0 Å². The van der Waals surface area contributed by atoms with Gasteiger partial charge >= 0.3 is 0 Å². The topological polar surface area (TPSA) is 72.2 Å². The Morgan fingerprint density at radius 3 is 2.53 bits per heavy atom. The van der Waals surface area contributed by atoms with E-state index in [-0.39, 0.29) is 5.91 Å².